The highest BCUT2D eigenvalue weighted by Crippen LogP contribution is 2.28. The van der Waals surface area contributed by atoms with Crippen LogP contribution in [-0.2, 0) is 4.79 Å². The Morgan fingerprint density at radius 3 is 3.00 bits per heavy atom. The first kappa shape index (κ1) is 14.8. The molecule has 1 aliphatic rings. The molecule has 0 bridgehead atoms. The van der Waals surface area contributed by atoms with Crippen LogP contribution in [0, 0.1) is 5.82 Å². The Balaban J connectivity index is 2.15. The molecule has 1 aromatic carbocycles. The second kappa shape index (κ2) is 6.70. The SMILES string of the molecule is COc1cccc(F)c1C(C)NC1CCCCNC1=O. The van der Waals surface area contributed by atoms with Crippen molar-refractivity contribution in [3.8, 4) is 5.75 Å². The number of methoxy groups -OCH3 is 1. The molecule has 2 atom stereocenters. The van der Waals surface area contributed by atoms with Crippen LogP contribution in [-0.4, -0.2) is 25.6 Å². The topological polar surface area (TPSA) is 50.4 Å². The number of carbonyl (C=O) groups excluding carboxylic acids is 1. The van der Waals surface area contributed by atoms with Gasteiger partial charge in [-0.3, -0.25) is 10.1 Å². The molecule has 110 valence electrons. The monoisotopic (exact) mass is 280 g/mol. The highest BCUT2D eigenvalue weighted by molar-refractivity contribution is 5.82. The number of benzene rings is 1. The zero-order chi connectivity index (χ0) is 14.5. The molecule has 0 aromatic heterocycles. The molecule has 1 heterocycles. The summed E-state index contributed by atoms with van der Waals surface area (Å²) in [5.41, 5.74) is 0.465. The number of hydrogen-bond donors (Lipinski definition) is 2. The van der Waals surface area contributed by atoms with Gasteiger partial charge in [0, 0.05) is 18.2 Å². The Bertz CT molecular complexity index is 479. The van der Waals surface area contributed by atoms with Gasteiger partial charge in [-0.2, -0.15) is 0 Å². The molecular formula is C15H21FN2O2. The third kappa shape index (κ3) is 3.28. The summed E-state index contributed by atoms with van der Waals surface area (Å²) in [6.45, 7) is 2.56. The van der Waals surface area contributed by atoms with E-state index in [0.29, 0.717) is 17.9 Å². The third-order valence-electron chi connectivity index (χ3n) is 3.65. The van der Waals surface area contributed by atoms with Crippen molar-refractivity contribution in [2.45, 2.75) is 38.3 Å². The lowest BCUT2D eigenvalue weighted by atomic mass is 10.0. The number of halogens is 1. The Morgan fingerprint density at radius 2 is 2.25 bits per heavy atom. The normalized spacial score (nSPS) is 20.9. The van der Waals surface area contributed by atoms with E-state index in [-0.39, 0.29) is 23.8 Å². The Hall–Kier alpha value is -1.62. The molecule has 1 aromatic rings. The van der Waals surface area contributed by atoms with E-state index in [4.69, 9.17) is 4.74 Å². The van der Waals surface area contributed by atoms with E-state index in [0.717, 1.165) is 19.3 Å². The average molecular weight is 280 g/mol. The van der Waals surface area contributed by atoms with E-state index in [2.05, 4.69) is 10.6 Å². The van der Waals surface area contributed by atoms with Crippen molar-refractivity contribution in [1.29, 1.82) is 0 Å². The smallest absolute Gasteiger partial charge is 0.237 e. The van der Waals surface area contributed by atoms with Gasteiger partial charge in [0.25, 0.3) is 0 Å². The fraction of sp³-hybridized carbons (Fsp3) is 0.533. The van der Waals surface area contributed by atoms with E-state index < -0.39 is 0 Å². The fourth-order valence-corrected chi connectivity index (χ4v) is 2.60. The molecule has 0 radical (unpaired) electrons. The molecule has 5 heteroatoms. The van der Waals surface area contributed by atoms with Gasteiger partial charge >= 0.3 is 0 Å². The maximum absolute atomic E-state index is 14.0. The fourth-order valence-electron chi connectivity index (χ4n) is 2.60. The lowest BCUT2D eigenvalue weighted by Gasteiger charge is -2.23. The van der Waals surface area contributed by atoms with Crippen molar-refractivity contribution < 1.29 is 13.9 Å². The van der Waals surface area contributed by atoms with Crippen LogP contribution in [0.4, 0.5) is 4.39 Å². The first-order valence-corrected chi connectivity index (χ1v) is 6.99. The second-order valence-electron chi connectivity index (χ2n) is 5.08. The molecule has 0 spiro atoms. The summed E-state index contributed by atoms with van der Waals surface area (Å²) in [5, 5.41) is 6.08. The molecule has 1 saturated heterocycles. The van der Waals surface area contributed by atoms with Gasteiger partial charge in [0.1, 0.15) is 11.6 Å². The van der Waals surface area contributed by atoms with Crippen LogP contribution >= 0.6 is 0 Å². The van der Waals surface area contributed by atoms with Gasteiger partial charge in [-0.25, -0.2) is 4.39 Å². The number of ether oxygens (including phenoxy) is 1. The quantitative estimate of drug-likeness (QED) is 0.888. The molecule has 0 aliphatic carbocycles. The van der Waals surface area contributed by atoms with Crippen LogP contribution < -0.4 is 15.4 Å². The highest BCUT2D eigenvalue weighted by Gasteiger charge is 2.25. The van der Waals surface area contributed by atoms with Crippen molar-refractivity contribution in [2.75, 3.05) is 13.7 Å². The number of amides is 1. The first-order chi connectivity index (χ1) is 9.63. The number of nitrogens with one attached hydrogen (secondary N) is 2. The summed E-state index contributed by atoms with van der Waals surface area (Å²) in [6, 6.07) is 4.17. The number of hydrogen-bond acceptors (Lipinski definition) is 3. The van der Waals surface area contributed by atoms with Crippen LogP contribution in [0.3, 0.4) is 0 Å². The molecule has 1 amide bonds. The van der Waals surface area contributed by atoms with E-state index >= 15 is 0 Å². The van der Waals surface area contributed by atoms with Gasteiger partial charge in [0.05, 0.1) is 13.2 Å². The minimum Gasteiger partial charge on any atom is -0.496 e. The summed E-state index contributed by atoms with van der Waals surface area (Å²) in [6.07, 6.45) is 2.74. The summed E-state index contributed by atoms with van der Waals surface area (Å²) in [5.74, 6) is 0.169. The van der Waals surface area contributed by atoms with E-state index in [1.807, 2.05) is 6.92 Å². The lowest BCUT2D eigenvalue weighted by molar-refractivity contribution is -0.123. The van der Waals surface area contributed by atoms with Gasteiger partial charge in [0.2, 0.25) is 5.91 Å². The second-order valence-corrected chi connectivity index (χ2v) is 5.08. The van der Waals surface area contributed by atoms with Crippen LogP contribution in [0.1, 0.15) is 37.8 Å². The maximum Gasteiger partial charge on any atom is 0.237 e. The predicted octanol–water partition coefficient (Wildman–Crippen LogP) is 2.15. The number of rotatable bonds is 4. The summed E-state index contributed by atoms with van der Waals surface area (Å²) in [4.78, 5) is 11.9. The van der Waals surface area contributed by atoms with Crippen molar-refractivity contribution >= 4 is 5.91 Å². The summed E-state index contributed by atoms with van der Waals surface area (Å²) >= 11 is 0. The molecule has 0 saturated carbocycles. The summed E-state index contributed by atoms with van der Waals surface area (Å²) in [7, 11) is 1.52. The van der Waals surface area contributed by atoms with Crippen LogP contribution in [0.2, 0.25) is 0 Å². The lowest BCUT2D eigenvalue weighted by Crippen LogP contribution is -2.43. The van der Waals surface area contributed by atoms with Crippen molar-refractivity contribution in [2.24, 2.45) is 0 Å². The zero-order valence-electron chi connectivity index (χ0n) is 11.9. The van der Waals surface area contributed by atoms with Gasteiger partial charge in [-0.1, -0.05) is 6.07 Å². The first-order valence-electron chi connectivity index (χ1n) is 6.99. The Morgan fingerprint density at radius 1 is 1.45 bits per heavy atom. The predicted molar refractivity (Wildman–Crippen MR) is 75.2 cm³/mol. The molecule has 2 N–H and O–H groups in total. The van der Waals surface area contributed by atoms with Gasteiger partial charge in [-0.05, 0) is 38.3 Å². The molecular weight excluding hydrogens is 259 g/mol. The minimum atomic E-state index is -0.321. The number of carbonyl (C=O) groups is 1. The zero-order valence-corrected chi connectivity index (χ0v) is 11.9. The van der Waals surface area contributed by atoms with E-state index in [1.54, 1.807) is 12.1 Å². The van der Waals surface area contributed by atoms with Gasteiger partial charge in [0.15, 0.2) is 0 Å². The van der Waals surface area contributed by atoms with Crippen LogP contribution in [0.25, 0.3) is 0 Å². The molecule has 4 nitrogen and oxygen atoms in total. The van der Waals surface area contributed by atoms with Crippen molar-refractivity contribution in [3.05, 3.63) is 29.6 Å². The van der Waals surface area contributed by atoms with E-state index in [1.165, 1.54) is 13.2 Å². The van der Waals surface area contributed by atoms with Gasteiger partial charge in [-0.15, -0.1) is 0 Å². The van der Waals surface area contributed by atoms with Crippen molar-refractivity contribution in [1.82, 2.24) is 10.6 Å². The standard InChI is InChI=1S/C15H21FN2O2/c1-10(14-11(16)6-5-8-13(14)20-2)18-12-7-3-4-9-17-15(12)19/h5-6,8,10,12,18H,3-4,7,9H2,1-2H3,(H,17,19). The highest BCUT2D eigenvalue weighted by atomic mass is 19.1. The van der Waals surface area contributed by atoms with Crippen LogP contribution in [0.15, 0.2) is 18.2 Å². The molecule has 2 unspecified atom stereocenters. The Labute approximate surface area is 118 Å². The maximum atomic E-state index is 14.0. The Kier molecular flexibility index (Phi) is 4.95. The average Bonchev–Trinajstić information content (AvgIpc) is 2.63. The molecule has 2 rings (SSSR count). The largest absolute Gasteiger partial charge is 0.496 e. The molecule has 1 fully saturated rings. The molecule has 20 heavy (non-hydrogen) atoms. The molecule has 1 aliphatic heterocycles. The van der Waals surface area contributed by atoms with Crippen LogP contribution in [0.5, 0.6) is 5.75 Å². The van der Waals surface area contributed by atoms with E-state index in [9.17, 15) is 9.18 Å². The minimum absolute atomic E-state index is 0.00958. The van der Waals surface area contributed by atoms with Gasteiger partial charge < -0.3 is 10.1 Å². The third-order valence-corrected chi connectivity index (χ3v) is 3.65. The van der Waals surface area contributed by atoms with Crippen molar-refractivity contribution in [3.63, 3.8) is 0 Å². The summed E-state index contributed by atoms with van der Waals surface area (Å²) < 4.78 is 19.2.